The van der Waals surface area contributed by atoms with Crippen molar-refractivity contribution in [2.24, 2.45) is 0 Å². The molecule has 0 aliphatic rings. The third-order valence-electron chi connectivity index (χ3n) is 4.29. The van der Waals surface area contributed by atoms with Gasteiger partial charge in [0.25, 0.3) is 0 Å². The SMILES string of the molecule is CCB(/C(CC)=[C](/c1ccccc1)[Sn]([CH3])([CH3])[CH3])n1cccc1. The molecule has 3 heteroatoms. The predicted molar refractivity (Wildman–Crippen MR) is 103 cm³/mol. The van der Waals surface area contributed by atoms with Gasteiger partial charge in [0.05, 0.1) is 0 Å². The maximum atomic E-state index is 2.54. The molecule has 22 heavy (non-hydrogen) atoms. The minimum absolute atomic E-state index is 0.492. The summed E-state index contributed by atoms with van der Waals surface area (Å²) >= 11 is -2.24. The van der Waals surface area contributed by atoms with Gasteiger partial charge in [-0.1, -0.05) is 0 Å². The van der Waals surface area contributed by atoms with Gasteiger partial charge in [0.2, 0.25) is 0 Å². The van der Waals surface area contributed by atoms with Crippen LogP contribution in [0.15, 0.2) is 60.3 Å². The van der Waals surface area contributed by atoms with Crippen LogP contribution in [0.4, 0.5) is 0 Å². The Morgan fingerprint density at radius 1 is 0.955 bits per heavy atom. The molecule has 0 unspecified atom stereocenters. The van der Waals surface area contributed by atoms with E-state index >= 15 is 0 Å². The second kappa shape index (κ2) is 7.58. The van der Waals surface area contributed by atoms with Crippen LogP contribution >= 0.6 is 0 Å². The number of nitrogens with zero attached hydrogens (tertiary/aromatic N) is 1. The van der Waals surface area contributed by atoms with Crippen LogP contribution in [0.25, 0.3) is 3.59 Å². The molecule has 116 valence electrons. The number of hydrogen-bond donors (Lipinski definition) is 0. The zero-order chi connectivity index (χ0) is 16.2. The Morgan fingerprint density at radius 2 is 1.55 bits per heavy atom. The number of hydrogen-bond acceptors (Lipinski definition) is 0. The summed E-state index contributed by atoms with van der Waals surface area (Å²) in [5, 5.41) is 0. The van der Waals surface area contributed by atoms with Crippen molar-refractivity contribution in [3.63, 3.8) is 0 Å². The molecule has 0 saturated carbocycles. The molecule has 1 aromatic carbocycles. The fraction of sp³-hybridized carbons (Fsp3) is 0.368. The summed E-state index contributed by atoms with van der Waals surface area (Å²) in [5.74, 6) is 0. The second-order valence-electron chi connectivity index (χ2n) is 6.92. The normalized spacial score (nSPS) is 13.0. The van der Waals surface area contributed by atoms with Gasteiger partial charge in [-0.25, -0.2) is 0 Å². The average molecular weight is 400 g/mol. The third kappa shape index (κ3) is 3.89. The monoisotopic (exact) mass is 401 g/mol. The molecule has 1 heterocycles. The number of rotatable bonds is 6. The summed E-state index contributed by atoms with van der Waals surface area (Å²) in [6.45, 7) is 5.12. The van der Waals surface area contributed by atoms with E-state index in [0.29, 0.717) is 6.85 Å². The Morgan fingerprint density at radius 3 is 2.00 bits per heavy atom. The molecule has 1 nitrogen and oxygen atoms in total. The van der Waals surface area contributed by atoms with Gasteiger partial charge in [-0.05, 0) is 0 Å². The van der Waals surface area contributed by atoms with Crippen molar-refractivity contribution in [3.8, 4) is 0 Å². The van der Waals surface area contributed by atoms with E-state index in [1.54, 1.807) is 9.06 Å². The van der Waals surface area contributed by atoms with Crippen LogP contribution in [-0.4, -0.2) is 29.7 Å². The van der Waals surface area contributed by atoms with E-state index in [0.717, 1.165) is 12.7 Å². The second-order valence-corrected chi connectivity index (χ2v) is 21.2. The number of aromatic nitrogens is 1. The van der Waals surface area contributed by atoms with E-state index in [9.17, 15) is 0 Å². The molecule has 0 radical (unpaired) electrons. The first kappa shape index (κ1) is 17.5. The summed E-state index contributed by atoms with van der Waals surface area (Å²) in [5.41, 5.74) is 3.10. The van der Waals surface area contributed by atoms with Gasteiger partial charge < -0.3 is 0 Å². The van der Waals surface area contributed by atoms with Gasteiger partial charge >= 0.3 is 141 Å². The molecule has 0 saturated heterocycles. The third-order valence-corrected chi connectivity index (χ3v) is 10.3. The van der Waals surface area contributed by atoms with E-state index in [-0.39, 0.29) is 0 Å². The van der Waals surface area contributed by atoms with Crippen LogP contribution in [0.1, 0.15) is 25.8 Å². The van der Waals surface area contributed by atoms with E-state index in [2.05, 4.69) is 88.0 Å². The number of benzene rings is 1. The molecular weight excluding hydrogens is 372 g/mol. The molecule has 0 N–H and O–H groups in total. The van der Waals surface area contributed by atoms with Crippen molar-refractivity contribution < 1.29 is 0 Å². The number of allylic oxidation sites excluding steroid dienone is 1. The van der Waals surface area contributed by atoms with E-state index in [1.807, 2.05) is 0 Å². The molecule has 0 bridgehead atoms. The summed E-state index contributed by atoms with van der Waals surface area (Å²) in [6, 6.07) is 15.4. The van der Waals surface area contributed by atoms with Crippen LogP contribution in [-0.2, 0) is 0 Å². The van der Waals surface area contributed by atoms with Crippen LogP contribution in [0.2, 0.25) is 21.1 Å². The first-order chi connectivity index (χ1) is 10.5. The Kier molecular flexibility index (Phi) is 6.02. The fourth-order valence-corrected chi connectivity index (χ4v) is 10.2. The Balaban J connectivity index is 2.64. The average Bonchev–Trinajstić information content (AvgIpc) is 3.00. The maximum absolute atomic E-state index is 2.54. The molecule has 0 amide bonds. The molecule has 2 rings (SSSR count). The summed E-state index contributed by atoms with van der Waals surface area (Å²) in [6.07, 6.45) is 6.71. The zero-order valence-electron chi connectivity index (χ0n) is 14.6. The van der Waals surface area contributed by atoms with Crippen LogP contribution in [0.3, 0.4) is 0 Å². The first-order valence-corrected chi connectivity index (χ1v) is 18.4. The summed E-state index contributed by atoms with van der Waals surface area (Å²) in [4.78, 5) is 7.61. The van der Waals surface area contributed by atoms with Crippen LogP contribution in [0, 0.1) is 0 Å². The van der Waals surface area contributed by atoms with Gasteiger partial charge in [-0.3, -0.25) is 0 Å². The van der Waals surface area contributed by atoms with Crippen molar-refractivity contribution in [1.29, 1.82) is 0 Å². The van der Waals surface area contributed by atoms with Crippen molar-refractivity contribution in [2.45, 2.75) is 41.4 Å². The van der Waals surface area contributed by atoms with Gasteiger partial charge in [-0.15, -0.1) is 0 Å². The Hall–Kier alpha value is -0.896. The van der Waals surface area contributed by atoms with Crippen molar-refractivity contribution in [1.82, 2.24) is 4.48 Å². The molecule has 1 aromatic heterocycles. The quantitative estimate of drug-likeness (QED) is 0.555. The molecule has 0 aliphatic heterocycles. The van der Waals surface area contributed by atoms with Gasteiger partial charge in [0.15, 0.2) is 0 Å². The van der Waals surface area contributed by atoms with Gasteiger partial charge in [0.1, 0.15) is 0 Å². The van der Waals surface area contributed by atoms with Crippen molar-refractivity contribution in [2.75, 3.05) is 0 Å². The topological polar surface area (TPSA) is 4.93 Å². The standard InChI is InChI=1S/C16H19BN.3CH3.Sn/c1-3-16(14-15-10-6-5-7-11-15)17(4-2)18-12-8-9-13-18;;;;/h5-13H,3-4H2,1-2H3;3*1H3;. The first-order valence-electron chi connectivity index (χ1n) is 8.40. The predicted octanol–water partition coefficient (Wildman–Crippen LogP) is 5.63. The molecular formula is C19H28BNSn. The molecule has 2 aromatic rings. The zero-order valence-corrected chi connectivity index (χ0v) is 17.5. The molecule has 0 aliphatic carbocycles. The van der Waals surface area contributed by atoms with Gasteiger partial charge in [-0.2, -0.15) is 0 Å². The van der Waals surface area contributed by atoms with Crippen LogP contribution in [0.5, 0.6) is 0 Å². The van der Waals surface area contributed by atoms with Gasteiger partial charge in [0, 0.05) is 0 Å². The fourth-order valence-electron chi connectivity index (χ4n) is 3.48. The van der Waals surface area contributed by atoms with Crippen LogP contribution < -0.4 is 0 Å². The Bertz CT molecular complexity index is 609. The van der Waals surface area contributed by atoms with E-state index < -0.39 is 18.4 Å². The van der Waals surface area contributed by atoms with Crippen molar-refractivity contribution in [3.05, 3.63) is 65.9 Å². The Labute approximate surface area is 140 Å². The van der Waals surface area contributed by atoms with E-state index in [4.69, 9.17) is 0 Å². The minimum atomic E-state index is -2.24. The molecule has 0 atom stereocenters. The van der Waals surface area contributed by atoms with Crippen molar-refractivity contribution >= 4 is 28.8 Å². The molecule has 0 spiro atoms. The van der Waals surface area contributed by atoms with E-state index in [1.165, 1.54) is 5.56 Å². The summed E-state index contributed by atoms with van der Waals surface area (Å²) < 4.78 is 4.09. The summed E-state index contributed by atoms with van der Waals surface area (Å²) in [7, 11) is 0. The molecule has 0 fully saturated rings.